The SMILES string of the molecule is C[C@@H](OCc1ccccc1)c1cc(F)ccc1N/C=C\C(=N)C=O. The van der Waals surface area contributed by atoms with Crippen molar-refractivity contribution in [2.24, 2.45) is 0 Å². The molecule has 0 bridgehead atoms. The van der Waals surface area contributed by atoms with E-state index in [0.29, 0.717) is 24.1 Å². The number of allylic oxidation sites excluding steroid dienone is 1. The van der Waals surface area contributed by atoms with Gasteiger partial charge >= 0.3 is 0 Å². The monoisotopic (exact) mass is 326 g/mol. The van der Waals surface area contributed by atoms with Crippen LogP contribution in [0.3, 0.4) is 0 Å². The summed E-state index contributed by atoms with van der Waals surface area (Å²) < 4.78 is 19.4. The Balaban J connectivity index is 2.09. The Morgan fingerprint density at radius 3 is 2.75 bits per heavy atom. The summed E-state index contributed by atoms with van der Waals surface area (Å²) in [5.74, 6) is -0.352. The molecule has 124 valence electrons. The number of halogens is 1. The lowest BCUT2D eigenvalue weighted by molar-refractivity contribution is -0.102. The van der Waals surface area contributed by atoms with E-state index >= 15 is 0 Å². The van der Waals surface area contributed by atoms with Crippen molar-refractivity contribution in [2.45, 2.75) is 19.6 Å². The highest BCUT2D eigenvalue weighted by Crippen LogP contribution is 2.27. The van der Waals surface area contributed by atoms with Crippen molar-refractivity contribution in [3.63, 3.8) is 0 Å². The van der Waals surface area contributed by atoms with Crippen LogP contribution in [0.1, 0.15) is 24.2 Å². The Hall–Kier alpha value is -2.79. The Bertz CT molecular complexity index is 729. The molecule has 0 spiro atoms. The quantitative estimate of drug-likeness (QED) is 0.563. The van der Waals surface area contributed by atoms with E-state index in [-0.39, 0.29) is 17.6 Å². The average Bonchev–Trinajstić information content (AvgIpc) is 2.61. The molecule has 0 heterocycles. The lowest BCUT2D eigenvalue weighted by atomic mass is 10.1. The van der Waals surface area contributed by atoms with Crippen LogP contribution >= 0.6 is 0 Å². The molecule has 4 nitrogen and oxygen atoms in total. The molecule has 2 aromatic carbocycles. The molecule has 0 amide bonds. The Kier molecular flexibility index (Phi) is 6.40. The molecule has 0 aromatic heterocycles. The molecular formula is C19H19FN2O2. The molecule has 24 heavy (non-hydrogen) atoms. The molecule has 0 aliphatic rings. The van der Waals surface area contributed by atoms with Gasteiger partial charge in [0.25, 0.3) is 0 Å². The van der Waals surface area contributed by atoms with Gasteiger partial charge in [-0.1, -0.05) is 30.3 Å². The Morgan fingerprint density at radius 2 is 2.04 bits per heavy atom. The number of hydrogen-bond acceptors (Lipinski definition) is 4. The summed E-state index contributed by atoms with van der Waals surface area (Å²) in [4.78, 5) is 10.4. The fraction of sp³-hybridized carbons (Fsp3) is 0.158. The fourth-order valence-corrected chi connectivity index (χ4v) is 2.15. The van der Waals surface area contributed by atoms with Crippen LogP contribution in [0.15, 0.2) is 60.8 Å². The van der Waals surface area contributed by atoms with Gasteiger partial charge in [-0.25, -0.2) is 4.39 Å². The first-order valence-corrected chi connectivity index (χ1v) is 7.52. The average molecular weight is 326 g/mol. The van der Waals surface area contributed by atoms with Gasteiger partial charge in [0.15, 0.2) is 6.29 Å². The second kappa shape index (κ2) is 8.74. The number of carbonyl (C=O) groups excluding carboxylic acids is 1. The van der Waals surface area contributed by atoms with E-state index in [4.69, 9.17) is 10.1 Å². The highest BCUT2D eigenvalue weighted by atomic mass is 19.1. The van der Waals surface area contributed by atoms with Gasteiger partial charge in [0.05, 0.1) is 18.4 Å². The van der Waals surface area contributed by atoms with Crippen LogP contribution in [0.4, 0.5) is 10.1 Å². The zero-order chi connectivity index (χ0) is 17.4. The molecule has 5 heteroatoms. The van der Waals surface area contributed by atoms with Crippen molar-refractivity contribution >= 4 is 17.7 Å². The predicted octanol–water partition coefficient (Wildman–Crippen LogP) is 4.25. The lowest BCUT2D eigenvalue weighted by Crippen LogP contribution is -2.05. The topological polar surface area (TPSA) is 62.2 Å². The van der Waals surface area contributed by atoms with E-state index < -0.39 is 0 Å². The van der Waals surface area contributed by atoms with Crippen molar-refractivity contribution in [2.75, 3.05) is 5.32 Å². The standard InChI is InChI=1S/C19H19FN2O2/c1-14(24-13-15-5-3-2-4-6-15)18-11-16(20)7-8-19(18)22-10-9-17(21)12-23/h2-12,14,21-22H,13H2,1H3/b10-9-,21-17?/t14-/m1/s1. The Morgan fingerprint density at radius 1 is 1.29 bits per heavy atom. The first kappa shape index (κ1) is 17.6. The summed E-state index contributed by atoms with van der Waals surface area (Å²) in [6, 6.07) is 14.1. The molecule has 0 saturated heterocycles. The minimum absolute atomic E-state index is 0.153. The molecule has 0 radical (unpaired) electrons. The maximum atomic E-state index is 13.6. The van der Waals surface area contributed by atoms with Crippen molar-refractivity contribution in [1.82, 2.24) is 0 Å². The molecule has 2 rings (SSSR count). The first-order chi connectivity index (χ1) is 11.6. The van der Waals surface area contributed by atoms with Gasteiger partial charge in [0.2, 0.25) is 0 Å². The summed E-state index contributed by atoms with van der Waals surface area (Å²) in [7, 11) is 0. The normalized spacial score (nSPS) is 12.1. The third-order valence-electron chi connectivity index (χ3n) is 3.42. The molecule has 2 aromatic rings. The smallest absolute Gasteiger partial charge is 0.167 e. The van der Waals surface area contributed by atoms with Gasteiger partial charge < -0.3 is 10.1 Å². The van der Waals surface area contributed by atoms with Crippen LogP contribution in [0, 0.1) is 11.2 Å². The highest BCUT2D eigenvalue weighted by molar-refractivity contribution is 6.32. The zero-order valence-corrected chi connectivity index (χ0v) is 13.3. The third kappa shape index (κ3) is 5.14. The number of ether oxygens (including phenoxy) is 1. The number of carbonyl (C=O) groups is 1. The van der Waals surface area contributed by atoms with Crippen LogP contribution in [0.2, 0.25) is 0 Å². The largest absolute Gasteiger partial charge is 0.369 e. The van der Waals surface area contributed by atoms with Gasteiger partial charge in [-0.15, -0.1) is 0 Å². The summed E-state index contributed by atoms with van der Waals surface area (Å²) in [6.45, 7) is 2.27. The third-order valence-corrected chi connectivity index (χ3v) is 3.42. The van der Waals surface area contributed by atoms with Crippen LogP contribution in [0.5, 0.6) is 0 Å². The number of nitrogens with one attached hydrogen (secondary N) is 2. The summed E-state index contributed by atoms with van der Waals surface area (Å²) in [5, 5.41) is 10.2. The van der Waals surface area contributed by atoms with Gasteiger partial charge in [-0.05, 0) is 36.8 Å². The minimum Gasteiger partial charge on any atom is -0.369 e. The minimum atomic E-state index is -0.352. The van der Waals surface area contributed by atoms with E-state index in [1.165, 1.54) is 24.4 Å². The molecule has 0 fully saturated rings. The van der Waals surface area contributed by atoms with Gasteiger partial charge in [-0.3, -0.25) is 10.2 Å². The number of benzene rings is 2. The van der Waals surface area contributed by atoms with Crippen molar-refractivity contribution < 1.29 is 13.9 Å². The molecule has 0 aliphatic heterocycles. The molecular weight excluding hydrogens is 307 g/mol. The number of hydrogen-bond donors (Lipinski definition) is 2. The van der Waals surface area contributed by atoms with E-state index in [0.717, 1.165) is 5.56 Å². The van der Waals surface area contributed by atoms with E-state index in [1.807, 2.05) is 37.3 Å². The van der Waals surface area contributed by atoms with E-state index in [1.54, 1.807) is 6.07 Å². The summed E-state index contributed by atoms with van der Waals surface area (Å²) in [6.07, 6.45) is 2.91. The molecule has 2 N–H and O–H groups in total. The first-order valence-electron chi connectivity index (χ1n) is 7.52. The van der Waals surface area contributed by atoms with Crippen LogP contribution < -0.4 is 5.32 Å². The Labute approximate surface area is 140 Å². The highest BCUT2D eigenvalue weighted by Gasteiger charge is 2.12. The fourth-order valence-electron chi connectivity index (χ4n) is 2.15. The molecule has 1 atom stereocenters. The number of rotatable bonds is 8. The number of anilines is 1. The van der Waals surface area contributed by atoms with Gasteiger partial charge in [-0.2, -0.15) is 0 Å². The van der Waals surface area contributed by atoms with Crippen LogP contribution in [-0.2, 0) is 16.1 Å². The van der Waals surface area contributed by atoms with Gasteiger partial charge in [0.1, 0.15) is 5.82 Å². The summed E-state index contributed by atoms with van der Waals surface area (Å²) >= 11 is 0. The second-order valence-electron chi connectivity index (χ2n) is 5.22. The van der Waals surface area contributed by atoms with Crippen molar-refractivity contribution in [3.05, 3.63) is 77.8 Å². The maximum Gasteiger partial charge on any atom is 0.167 e. The molecule has 0 saturated carbocycles. The van der Waals surface area contributed by atoms with Crippen molar-refractivity contribution in [1.29, 1.82) is 5.41 Å². The van der Waals surface area contributed by atoms with Crippen LogP contribution in [0.25, 0.3) is 0 Å². The van der Waals surface area contributed by atoms with Gasteiger partial charge in [0, 0.05) is 17.5 Å². The zero-order valence-electron chi connectivity index (χ0n) is 13.3. The molecule has 0 unspecified atom stereocenters. The van der Waals surface area contributed by atoms with Crippen LogP contribution in [-0.4, -0.2) is 12.0 Å². The number of aldehydes is 1. The van der Waals surface area contributed by atoms with E-state index in [9.17, 15) is 9.18 Å². The predicted molar refractivity (Wildman–Crippen MR) is 92.6 cm³/mol. The second-order valence-corrected chi connectivity index (χ2v) is 5.22. The van der Waals surface area contributed by atoms with Crippen molar-refractivity contribution in [3.8, 4) is 0 Å². The lowest BCUT2D eigenvalue weighted by Gasteiger charge is -2.17. The van der Waals surface area contributed by atoms with E-state index in [2.05, 4.69) is 5.32 Å². The summed E-state index contributed by atoms with van der Waals surface area (Å²) in [5.41, 5.74) is 2.20. The molecule has 0 aliphatic carbocycles. The maximum absolute atomic E-state index is 13.6.